The molecular formula is C16H22N2O3. The monoisotopic (exact) mass is 290 g/mol. The van der Waals surface area contributed by atoms with Crippen molar-refractivity contribution in [3.05, 3.63) is 29.6 Å². The van der Waals surface area contributed by atoms with E-state index in [0.29, 0.717) is 32.8 Å². The first-order valence-electron chi connectivity index (χ1n) is 7.56. The maximum atomic E-state index is 12.6. The second kappa shape index (κ2) is 6.12. The summed E-state index contributed by atoms with van der Waals surface area (Å²) in [4.78, 5) is 18.8. The van der Waals surface area contributed by atoms with Gasteiger partial charge in [0, 0.05) is 32.0 Å². The molecule has 0 bridgehead atoms. The number of aryl methyl sites for hydroxylation is 2. The van der Waals surface area contributed by atoms with Gasteiger partial charge in [0.25, 0.3) is 0 Å². The third-order valence-electron chi connectivity index (χ3n) is 4.35. The highest BCUT2D eigenvalue weighted by Gasteiger charge is 2.45. The number of hydrogen-bond donors (Lipinski definition) is 0. The first-order valence-corrected chi connectivity index (χ1v) is 7.56. The molecule has 1 amide bonds. The number of carbonyl (C=O) groups excluding carboxylic acids is 1. The molecule has 5 nitrogen and oxygen atoms in total. The Bertz CT molecular complexity index is 512. The molecule has 0 N–H and O–H groups in total. The summed E-state index contributed by atoms with van der Waals surface area (Å²) in [5.74, 6) is 0.199. The summed E-state index contributed by atoms with van der Waals surface area (Å²) in [5.41, 5.74) is 2.03. The van der Waals surface area contributed by atoms with E-state index in [-0.39, 0.29) is 11.4 Å². The smallest absolute Gasteiger partial charge is 0.223 e. The van der Waals surface area contributed by atoms with Crippen molar-refractivity contribution in [3.8, 4) is 0 Å². The molecule has 114 valence electrons. The van der Waals surface area contributed by atoms with E-state index in [1.807, 2.05) is 24.2 Å². The molecule has 2 aliphatic heterocycles. The number of nitrogens with zero attached hydrogens (tertiary/aromatic N) is 2. The van der Waals surface area contributed by atoms with Gasteiger partial charge < -0.3 is 14.4 Å². The number of hydrogen-bond acceptors (Lipinski definition) is 4. The van der Waals surface area contributed by atoms with E-state index in [1.54, 1.807) is 0 Å². The molecular weight excluding hydrogens is 268 g/mol. The number of carbonyl (C=O) groups is 1. The molecule has 1 spiro atoms. The normalized spacial score (nSPS) is 25.5. The Morgan fingerprint density at radius 1 is 1.33 bits per heavy atom. The minimum absolute atomic E-state index is 0.199. The van der Waals surface area contributed by atoms with Crippen LogP contribution in [0.1, 0.15) is 24.0 Å². The predicted octanol–water partition coefficient (Wildman–Crippen LogP) is 1.34. The highest BCUT2D eigenvalue weighted by molar-refractivity contribution is 5.77. The molecule has 2 saturated heterocycles. The third-order valence-corrected chi connectivity index (χ3v) is 4.35. The van der Waals surface area contributed by atoms with Gasteiger partial charge in [0.15, 0.2) is 0 Å². The highest BCUT2D eigenvalue weighted by atomic mass is 16.5. The Morgan fingerprint density at radius 3 is 2.90 bits per heavy atom. The van der Waals surface area contributed by atoms with Crippen molar-refractivity contribution in [2.45, 2.75) is 31.7 Å². The van der Waals surface area contributed by atoms with Crippen LogP contribution >= 0.6 is 0 Å². The van der Waals surface area contributed by atoms with Crippen LogP contribution in [-0.4, -0.2) is 54.3 Å². The van der Waals surface area contributed by atoms with E-state index in [0.717, 1.165) is 30.6 Å². The van der Waals surface area contributed by atoms with Crippen molar-refractivity contribution < 1.29 is 14.3 Å². The van der Waals surface area contributed by atoms with Gasteiger partial charge in [0.05, 0.1) is 25.4 Å². The summed E-state index contributed by atoms with van der Waals surface area (Å²) < 4.78 is 11.1. The number of aromatic nitrogens is 1. The van der Waals surface area contributed by atoms with Crippen molar-refractivity contribution in [1.82, 2.24) is 9.88 Å². The Labute approximate surface area is 125 Å². The molecule has 1 atom stereocenters. The SMILES string of the molecule is Cc1cncc(CCC(=O)N2CCOCC23CCOC3)c1. The summed E-state index contributed by atoms with van der Waals surface area (Å²) in [6.45, 7) is 5.24. The Balaban J connectivity index is 1.64. The van der Waals surface area contributed by atoms with Gasteiger partial charge in [-0.2, -0.15) is 0 Å². The molecule has 0 aromatic carbocycles. The molecule has 5 heteroatoms. The lowest BCUT2D eigenvalue weighted by molar-refractivity contribution is -0.149. The first-order chi connectivity index (χ1) is 10.2. The molecule has 2 fully saturated rings. The lowest BCUT2D eigenvalue weighted by Gasteiger charge is -2.43. The maximum absolute atomic E-state index is 12.6. The van der Waals surface area contributed by atoms with E-state index in [9.17, 15) is 4.79 Å². The Hall–Kier alpha value is -1.46. The van der Waals surface area contributed by atoms with Crippen LogP contribution in [0.2, 0.25) is 0 Å². The van der Waals surface area contributed by atoms with Crippen LogP contribution in [0.15, 0.2) is 18.5 Å². The molecule has 0 radical (unpaired) electrons. The zero-order valence-electron chi connectivity index (χ0n) is 12.5. The van der Waals surface area contributed by atoms with E-state index >= 15 is 0 Å². The van der Waals surface area contributed by atoms with Crippen LogP contribution < -0.4 is 0 Å². The van der Waals surface area contributed by atoms with E-state index in [1.165, 1.54) is 0 Å². The summed E-state index contributed by atoms with van der Waals surface area (Å²) in [6, 6.07) is 2.09. The zero-order valence-corrected chi connectivity index (χ0v) is 12.5. The van der Waals surface area contributed by atoms with Crippen LogP contribution in [0.4, 0.5) is 0 Å². The van der Waals surface area contributed by atoms with Crippen molar-refractivity contribution in [2.75, 3.05) is 33.0 Å². The highest BCUT2D eigenvalue weighted by Crippen LogP contribution is 2.30. The van der Waals surface area contributed by atoms with Gasteiger partial charge in [-0.15, -0.1) is 0 Å². The van der Waals surface area contributed by atoms with Gasteiger partial charge in [-0.25, -0.2) is 0 Å². The average Bonchev–Trinajstić information content (AvgIpc) is 2.94. The number of morpholine rings is 1. The van der Waals surface area contributed by atoms with Crippen LogP contribution in [-0.2, 0) is 20.7 Å². The Kier molecular flexibility index (Phi) is 4.22. The molecule has 1 aromatic heterocycles. The third kappa shape index (κ3) is 3.09. The molecule has 0 aliphatic carbocycles. The molecule has 0 saturated carbocycles. The lowest BCUT2D eigenvalue weighted by Crippen LogP contribution is -2.59. The fourth-order valence-electron chi connectivity index (χ4n) is 3.19. The molecule has 2 aliphatic rings. The van der Waals surface area contributed by atoms with Crippen LogP contribution in [0.5, 0.6) is 0 Å². The van der Waals surface area contributed by atoms with Gasteiger partial charge >= 0.3 is 0 Å². The maximum Gasteiger partial charge on any atom is 0.223 e. The quantitative estimate of drug-likeness (QED) is 0.843. The van der Waals surface area contributed by atoms with Crippen LogP contribution in [0, 0.1) is 6.92 Å². The number of rotatable bonds is 3. The zero-order chi connectivity index (χ0) is 14.7. The first kappa shape index (κ1) is 14.5. The predicted molar refractivity (Wildman–Crippen MR) is 78.0 cm³/mol. The molecule has 3 rings (SSSR count). The van der Waals surface area contributed by atoms with Crippen molar-refractivity contribution in [3.63, 3.8) is 0 Å². The fraction of sp³-hybridized carbons (Fsp3) is 0.625. The fourth-order valence-corrected chi connectivity index (χ4v) is 3.19. The molecule has 3 heterocycles. The summed E-state index contributed by atoms with van der Waals surface area (Å²) in [5, 5.41) is 0. The van der Waals surface area contributed by atoms with Gasteiger partial charge in [-0.3, -0.25) is 9.78 Å². The topological polar surface area (TPSA) is 51.7 Å². The minimum atomic E-state index is -0.222. The van der Waals surface area contributed by atoms with Gasteiger partial charge in [0.1, 0.15) is 0 Å². The second-order valence-corrected chi connectivity index (χ2v) is 6.00. The van der Waals surface area contributed by atoms with Gasteiger partial charge in [0.2, 0.25) is 5.91 Å². The number of amides is 1. The number of ether oxygens (including phenoxy) is 2. The largest absolute Gasteiger partial charge is 0.379 e. The van der Waals surface area contributed by atoms with Crippen LogP contribution in [0.25, 0.3) is 0 Å². The van der Waals surface area contributed by atoms with Crippen molar-refractivity contribution in [1.29, 1.82) is 0 Å². The minimum Gasteiger partial charge on any atom is -0.379 e. The van der Waals surface area contributed by atoms with E-state index in [4.69, 9.17) is 9.47 Å². The van der Waals surface area contributed by atoms with E-state index in [2.05, 4.69) is 11.1 Å². The number of pyridine rings is 1. The Morgan fingerprint density at radius 2 is 2.14 bits per heavy atom. The van der Waals surface area contributed by atoms with Gasteiger partial charge in [-0.1, -0.05) is 6.07 Å². The van der Waals surface area contributed by atoms with E-state index < -0.39 is 0 Å². The lowest BCUT2D eigenvalue weighted by atomic mass is 9.95. The average molecular weight is 290 g/mol. The van der Waals surface area contributed by atoms with Crippen LogP contribution in [0.3, 0.4) is 0 Å². The van der Waals surface area contributed by atoms with Crippen molar-refractivity contribution >= 4 is 5.91 Å². The second-order valence-electron chi connectivity index (χ2n) is 6.00. The van der Waals surface area contributed by atoms with Crippen molar-refractivity contribution in [2.24, 2.45) is 0 Å². The summed E-state index contributed by atoms with van der Waals surface area (Å²) >= 11 is 0. The summed E-state index contributed by atoms with van der Waals surface area (Å²) in [6.07, 6.45) is 5.81. The molecule has 1 aromatic rings. The van der Waals surface area contributed by atoms with Gasteiger partial charge in [-0.05, 0) is 30.9 Å². The summed E-state index contributed by atoms with van der Waals surface area (Å²) in [7, 11) is 0. The molecule has 1 unspecified atom stereocenters. The standard InChI is InChI=1S/C16H22N2O3/c1-13-8-14(10-17-9-13)2-3-15(19)18-5-7-21-12-16(18)4-6-20-11-16/h8-10H,2-7,11-12H2,1H3. The molecule has 21 heavy (non-hydrogen) atoms.